The number of nitrogens with zero attached hydrogens (tertiary/aromatic N) is 6. The molecule has 610 valence electrons. The number of morpholine rings is 1. The zero-order valence-corrected chi connectivity index (χ0v) is 66.1. The number of rotatable bonds is 26. The molecule has 36 nitrogen and oxygen atoms in total. The number of carbonyl (C=O) groups excluding carboxylic acids is 9. The SMILES string of the molecule is C=CCOC(=O)Oc1ccc(C[C@@H](O)[C@@H]2NC(=O)[C@@H]3C[C@@H](O)CN3C(=O)[C@H]([C@@H](C)O)NC(=O)[C@@H](NC(=O)c3ccc(-c4ccc(N5CCN(c6ccc(N7C[C@@H](C)O[C@@H](C)C7)cc6)CC5)cc4)cc3)C[C@@H](O)CNC(=O)[C@@H]3[C@@H](O)[C@@H](C)CN3C(=O)[C@H]([C@H](O)CCN(C(=O)OCC=C)C(CO)CO)NC2=O)cc1OSOO[O-].[Na+]. The average Bonchev–Trinajstić information content (AvgIpc) is 1.63. The molecule has 0 aromatic heterocycles. The first-order chi connectivity index (χ1) is 53.6. The van der Waals surface area contributed by atoms with Crippen LogP contribution in [0.2, 0.25) is 0 Å². The van der Waals surface area contributed by atoms with E-state index in [1.807, 2.05) is 24.3 Å². The molecule has 4 aromatic rings. The number of β-amino-alcohol motifs (C(OH)–C–C–N with tert-alkyl or cyclic N) is 1. The Bertz CT molecular complexity index is 3890. The van der Waals surface area contributed by atoms with Gasteiger partial charge in [-0.3, -0.25) is 38.6 Å². The Kier molecular flexibility index (Phi) is 33.8. The number of aliphatic hydroxyl groups excluding tert-OH is 8. The Morgan fingerprint density at radius 3 is 1.83 bits per heavy atom. The van der Waals surface area contributed by atoms with E-state index in [4.69, 9.17) is 23.1 Å². The predicted octanol–water partition coefficient (Wildman–Crippen LogP) is -4.52. The fraction of sp³-hybridized carbons (Fsp3) is 0.507. The molecule has 0 saturated carbocycles. The minimum atomic E-state index is -2.32. The van der Waals surface area contributed by atoms with E-state index in [-0.39, 0.29) is 84.2 Å². The minimum absolute atomic E-state index is 0. The van der Waals surface area contributed by atoms with E-state index in [1.54, 1.807) is 12.1 Å². The van der Waals surface area contributed by atoms with Gasteiger partial charge in [-0.15, -0.1) is 4.33 Å². The first kappa shape index (κ1) is 89.8. The fourth-order valence-electron chi connectivity index (χ4n) is 14.1. The largest absolute Gasteiger partial charge is 1.00 e. The number of piperazine rings is 1. The Morgan fingerprint density at radius 2 is 1.24 bits per heavy atom. The second kappa shape index (κ2) is 42.6. The molecule has 0 unspecified atom stereocenters. The van der Waals surface area contributed by atoms with Crippen LogP contribution in [0.1, 0.15) is 62.9 Å². The first-order valence-electron chi connectivity index (χ1n) is 36.7. The molecule has 5 saturated heterocycles. The Labute approximate surface area is 678 Å². The molecular weight excluding hydrogens is 1510 g/mol. The Morgan fingerprint density at radius 1 is 0.673 bits per heavy atom. The Balaban J connectivity index is 0.0000160. The second-order valence-corrected chi connectivity index (χ2v) is 28.6. The summed E-state index contributed by atoms with van der Waals surface area (Å²) in [5.41, 5.74) is 4.89. The number of nitrogens with one attached hydrogen (secondary N) is 5. The summed E-state index contributed by atoms with van der Waals surface area (Å²) >= 11 is -0.0592. The van der Waals surface area contributed by atoms with Crippen molar-refractivity contribution in [2.45, 2.75) is 145 Å². The number of hydrogen-bond donors (Lipinski definition) is 13. The molecule has 38 heteroatoms. The molecule has 5 heterocycles. The van der Waals surface area contributed by atoms with E-state index in [0.717, 1.165) is 101 Å². The van der Waals surface area contributed by atoms with Crippen LogP contribution in [0.15, 0.2) is 116 Å². The van der Waals surface area contributed by atoms with Crippen LogP contribution in [0.5, 0.6) is 11.5 Å². The van der Waals surface area contributed by atoms with Crippen LogP contribution in [-0.2, 0) is 58.8 Å². The molecule has 8 amide bonds. The molecule has 0 bridgehead atoms. The van der Waals surface area contributed by atoms with Crippen LogP contribution in [0, 0.1) is 5.92 Å². The van der Waals surface area contributed by atoms with E-state index in [2.05, 4.69) is 102 Å². The molecule has 113 heavy (non-hydrogen) atoms. The maximum atomic E-state index is 15.4. The summed E-state index contributed by atoms with van der Waals surface area (Å²) in [4.78, 5) is 140. The van der Waals surface area contributed by atoms with Gasteiger partial charge in [0.25, 0.3) is 18.2 Å². The zero-order chi connectivity index (χ0) is 81.0. The summed E-state index contributed by atoms with van der Waals surface area (Å²) in [7, 11) is 0. The maximum absolute atomic E-state index is 15.4. The third-order valence-electron chi connectivity index (χ3n) is 20.0. The number of aliphatic hydroxyl groups is 8. The third kappa shape index (κ3) is 23.7. The van der Waals surface area contributed by atoms with E-state index in [1.165, 1.54) is 37.3 Å². The van der Waals surface area contributed by atoms with Crippen molar-refractivity contribution in [3.05, 3.63) is 127 Å². The zero-order valence-electron chi connectivity index (χ0n) is 63.3. The van der Waals surface area contributed by atoms with Gasteiger partial charge in [0.15, 0.2) is 11.5 Å². The standard InChI is InChI=1S/C75H99N11O25S.Na/c1-7-29-105-74(102)84(53(40-87)41-88)24-23-58(92)64-73(101)86-36-42(3)66(94)65(86)71(99)76-35-54(90)33-56(77-67(95)49-12-10-47(11-13-49)48-14-16-50(17-15-48)81-25-27-82(28-26-81)51-18-20-52(21-19-51)83-37-43(4)107-44(5)38-83)68(96)78-62(45(6)89)72(100)85-39-55(91)34-57(85)69(97)79-63(70(98)80-64)59(93)31-46-9-22-60(108-75(103)106-30-8-2)61(32-46)109-112-111-110-104;/h7-22,32,42-45,53-59,62-66,87-94,104H,1-2,23-31,33-41H2,3-6H3,(H,76,99)(H,77,95)(H,78,96)(H,79,97)(H,80,98);/q;+1/p-1/t42-,43-,44+,45+,54+,55+,56-,57-,58+,59+,62-,63-,64-,65-,66-;/m0./s1. The van der Waals surface area contributed by atoms with Crippen molar-refractivity contribution in [3.8, 4) is 22.6 Å². The number of benzene rings is 4. The van der Waals surface area contributed by atoms with Gasteiger partial charge in [-0.05, 0) is 105 Å². The van der Waals surface area contributed by atoms with Gasteiger partial charge < -0.3 is 125 Å². The molecule has 15 atom stereocenters. The first-order valence-corrected chi connectivity index (χ1v) is 37.3. The maximum Gasteiger partial charge on any atom is 1.00 e. The normalized spacial score (nSPS) is 25.0. The second-order valence-electron chi connectivity index (χ2n) is 28.2. The molecule has 5 aliphatic rings. The number of ether oxygens (including phenoxy) is 4. The number of amides is 8. The van der Waals surface area contributed by atoms with Gasteiger partial charge in [0.05, 0.1) is 68.1 Å². The van der Waals surface area contributed by atoms with Gasteiger partial charge in [-0.1, -0.05) is 62.6 Å². The molecular formula is C75H98N11NaO25S. The van der Waals surface area contributed by atoms with Crippen LogP contribution in [0.4, 0.5) is 26.7 Å². The molecule has 0 aliphatic carbocycles. The molecule has 13 N–H and O–H groups in total. The molecule has 9 rings (SSSR count). The summed E-state index contributed by atoms with van der Waals surface area (Å²) in [6.45, 7) is 13.7. The van der Waals surface area contributed by atoms with Gasteiger partial charge >= 0.3 is 41.8 Å². The number of carbonyl (C=O) groups is 9. The monoisotopic (exact) mass is 1610 g/mol. The quantitative estimate of drug-likeness (QED) is 0.00412. The van der Waals surface area contributed by atoms with Crippen LogP contribution in [-0.4, -0.2) is 292 Å². The van der Waals surface area contributed by atoms with Gasteiger partial charge in [-0.25, -0.2) is 9.59 Å². The topological polar surface area (TPSA) is 483 Å². The number of anilines is 3. The fourth-order valence-corrected chi connectivity index (χ4v) is 14.4. The molecule has 5 aliphatic heterocycles. The van der Waals surface area contributed by atoms with Crippen LogP contribution in [0.3, 0.4) is 0 Å². The Hall–Kier alpha value is -8.74. The van der Waals surface area contributed by atoms with E-state index in [0.29, 0.717) is 0 Å². The van der Waals surface area contributed by atoms with Crippen molar-refractivity contribution in [3.63, 3.8) is 0 Å². The average molecular weight is 1610 g/mol. The van der Waals surface area contributed by atoms with E-state index < -0.39 is 209 Å². The van der Waals surface area contributed by atoms with Crippen LogP contribution >= 0.6 is 12.3 Å². The summed E-state index contributed by atoms with van der Waals surface area (Å²) in [5, 5.41) is 117. The van der Waals surface area contributed by atoms with Crippen LogP contribution < -0.4 is 85.0 Å². The molecule has 4 aromatic carbocycles. The molecule has 0 spiro atoms. The van der Waals surface area contributed by atoms with Gasteiger partial charge in [0, 0.05) is 113 Å². The van der Waals surface area contributed by atoms with Crippen molar-refractivity contribution in [2.75, 3.05) is 107 Å². The van der Waals surface area contributed by atoms with Gasteiger partial charge in [0.1, 0.15) is 49.5 Å². The summed E-state index contributed by atoms with van der Waals surface area (Å²) in [6, 6.07) is 12.9. The number of hydrogen-bond acceptors (Lipinski definition) is 29. The third-order valence-corrected chi connectivity index (χ3v) is 20.3. The van der Waals surface area contributed by atoms with E-state index in [9.17, 15) is 79.7 Å². The smallest absolute Gasteiger partial charge is 0.691 e. The molecule has 0 radical (unpaired) electrons. The van der Waals surface area contributed by atoms with Crippen molar-refractivity contribution < 1.29 is 151 Å². The summed E-state index contributed by atoms with van der Waals surface area (Å²) < 4.78 is 30.7. The molecule has 5 fully saturated rings. The van der Waals surface area contributed by atoms with Crippen molar-refractivity contribution in [2.24, 2.45) is 5.92 Å². The van der Waals surface area contributed by atoms with Crippen molar-refractivity contribution in [1.29, 1.82) is 0 Å². The van der Waals surface area contributed by atoms with Gasteiger partial charge in [-0.2, -0.15) is 0 Å². The van der Waals surface area contributed by atoms with Crippen LogP contribution in [0.25, 0.3) is 11.1 Å². The predicted molar refractivity (Wildman–Crippen MR) is 400 cm³/mol. The summed E-state index contributed by atoms with van der Waals surface area (Å²) in [5.74, 6) is -10.2. The minimum Gasteiger partial charge on any atom is -0.691 e. The van der Waals surface area contributed by atoms with E-state index >= 15 is 9.59 Å². The van der Waals surface area contributed by atoms with Crippen molar-refractivity contribution >= 4 is 83.0 Å². The van der Waals surface area contributed by atoms with Crippen molar-refractivity contribution in [1.82, 2.24) is 41.3 Å². The number of fused-ring (bicyclic) bond motifs is 2. The summed E-state index contributed by atoms with van der Waals surface area (Å²) in [6.07, 6.45) is -13.6. The van der Waals surface area contributed by atoms with Gasteiger partial charge in [0.2, 0.25) is 35.4 Å².